The Bertz CT molecular complexity index is 923. The van der Waals surface area contributed by atoms with Crippen molar-refractivity contribution in [3.05, 3.63) is 59.1 Å². The number of nitrogens with one attached hydrogen (secondary N) is 1. The fourth-order valence-electron chi connectivity index (χ4n) is 1.94. The van der Waals surface area contributed by atoms with Gasteiger partial charge in [0.05, 0.1) is 21.5 Å². The number of hydrazone groups is 1. The highest BCUT2D eigenvalue weighted by Gasteiger charge is 2.10. The van der Waals surface area contributed by atoms with Crippen LogP contribution in [0.3, 0.4) is 0 Å². The maximum atomic E-state index is 10.9. The van der Waals surface area contributed by atoms with Crippen molar-refractivity contribution in [2.24, 2.45) is 5.10 Å². The van der Waals surface area contributed by atoms with E-state index in [0.717, 1.165) is 10.2 Å². The second-order valence-corrected chi connectivity index (χ2v) is 5.59. The summed E-state index contributed by atoms with van der Waals surface area (Å²) in [5.41, 5.74) is 4.28. The summed E-state index contributed by atoms with van der Waals surface area (Å²) in [6.45, 7) is 0. The summed E-state index contributed by atoms with van der Waals surface area (Å²) in [4.78, 5) is 15.3. The SMILES string of the molecule is N#C/C(=N\Nc1cccc(C(=O)O)c1)c1nc2ccccc2s1. The predicted octanol–water partition coefficient (Wildman–Crippen LogP) is 3.33. The van der Waals surface area contributed by atoms with Gasteiger partial charge >= 0.3 is 5.97 Å². The molecule has 23 heavy (non-hydrogen) atoms. The van der Waals surface area contributed by atoms with Gasteiger partial charge in [0.25, 0.3) is 0 Å². The first kappa shape index (κ1) is 14.7. The number of carboxylic acid groups (broad SMARTS) is 1. The van der Waals surface area contributed by atoms with Crippen molar-refractivity contribution in [3.8, 4) is 6.07 Å². The van der Waals surface area contributed by atoms with Crippen LogP contribution in [0.25, 0.3) is 10.2 Å². The molecule has 0 amide bonds. The molecule has 0 radical (unpaired) electrons. The van der Waals surface area contributed by atoms with Crippen LogP contribution in [-0.2, 0) is 0 Å². The summed E-state index contributed by atoms with van der Waals surface area (Å²) >= 11 is 1.37. The van der Waals surface area contributed by atoms with Crippen molar-refractivity contribution in [1.82, 2.24) is 4.98 Å². The molecule has 6 nitrogen and oxygen atoms in total. The lowest BCUT2D eigenvalue weighted by Crippen LogP contribution is -2.02. The second-order valence-electron chi connectivity index (χ2n) is 4.56. The fourth-order valence-corrected chi connectivity index (χ4v) is 2.84. The Kier molecular flexibility index (Phi) is 3.99. The van der Waals surface area contributed by atoms with Crippen molar-refractivity contribution in [3.63, 3.8) is 0 Å². The van der Waals surface area contributed by atoms with Crippen LogP contribution in [-0.4, -0.2) is 21.8 Å². The molecular formula is C16H10N4O2S. The highest BCUT2D eigenvalue weighted by molar-refractivity contribution is 7.20. The lowest BCUT2D eigenvalue weighted by atomic mass is 10.2. The number of rotatable bonds is 4. The number of carbonyl (C=O) groups is 1. The average molecular weight is 322 g/mol. The standard InChI is InChI=1S/C16H10N4O2S/c17-9-13(15-18-12-6-1-2-7-14(12)23-15)20-19-11-5-3-4-10(8-11)16(21)22/h1-8,19H,(H,21,22)/b20-13+. The van der Waals surface area contributed by atoms with Gasteiger partial charge in [-0.05, 0) is 30.3 Å². The molecule has 1 aromatic heterocycles. The number of carboxylic acids is 1. The fraction of sp³-hybridized carbons (Fsp3) is 0. The smallest absolute Gasteiger partial charge is 0.335 e. The summed E-state index contributed by atoms with van der Waals surface area (Å²) in [6.07, 6.45) is 0. The molecule has 2 aromatic carbocycles. The maximum absolute atomic E-state index is 10.9. The number of benzene rings is 2. The van der Waals surface area contributed by atoms with E-state index in [9.17, 15) is 10.1 Å². The van der Waals surface area contributed by atoms with E-state index >= 15 is 0 Å². The normalized spacial score (nSPS) is 11.2. The topological polar surface area (TPSA) is 98.4 Å². The molecule has 0 saturated carbocycles. The van der Waals surface area contributed by atoms with Gasteiger partial charge < -0.3 is 5.11 Å². The number of para-hydroxylation sites is 1. The van der Waals surface area contributed by atoms with Gasteiger partial charge in [-0.15, -0.1) is 11.3 Å². The molecule has 0 bridgehead atoms. The molecule has 0 aliphatic heterocycles. The largest absolute Gasteiger partial charge is 0.478 e. The average Bonchev–Trinajstić information content (AvgIpc) is 2.99. The van der Waals surface area contributed by atoms with E-state index in [-0.39, 0.29) is 11.3 Å². The highest BCUT2D eigenvalue weighted by atomic mass is 32.1. The van der Waals surface area contributed by atoms with Gasteiger partial charge in [-0.2, -0.15) is 10.4 Å². The van der Waals surface area contributed by atoms with Crippen LogP contribution in [0.1, 0.15) is 15.4 Å². The Morgan fingerprint density at radius 1 is 1.26 bits per heavy atom. The van der Waals surface area contributed by atoms with E-state index in [1.807, 2.05) is 30.3 Å². The molecule has 0 unspecified atom stereocenters. The molecule has 0 atom stereocenters. The first-order valence-electron chi connectivity index (χ1n) is 6.60. The zero-order chi connectivity index (χ0) is 16.2. The quantitative estimate of drug-likeness (QED) is 0.567. The molecule has 112 valence electrons. The van der Waals surface area contributed by atoms with E-state index in [1.54, 1.807) is 12.1 Å². The highest BCUT2D eigenvalue weighted by Crippen LogP contribution is 2.22. The van der Waals surface area contributed by atoms with Crippen LogP contribution < -0.4 is 5.43 Å². The Hall–Kier alpha value is -3.24. The molecule has 1 heterocycles. The minimum Gasteiger partial charge on any atom is -0.478 e. The number of nitrogens with zero attached hydrogens (tertiary/aromatic N) is 3. The van der Waals surface area contributed by atoms with Gasteiger partial charge in [-0.1, -0.05) is 18.2 Å². The minimum absolute atomic E-state index is 0.142. The summed E-state index contributed by atoms with van der Waals surface area (Å²) in [5.74, 6) is -1.02. The second kappa shape index (κ2) is 6.25. The van der Waals surface area contributed by atoms with Crippen molar-refractivity contribution in [2.75, 3.05) is 5.43 Å². The Labute approximate surface area is 135 Å². The molecule has 7 heteroatoms. The van der Waals surface area contributed by atoms with Crippen LogP contribution in [0, 0.1) is 11.3 Å². The third kappa shape index (κ3) is 3.17. The van der Waals surface area contributed by atoms with Gasteiger partial charge in [0, 0.05) is 0 Å². The van der Waals surface area contributed by atoms with Crippen LogP contribution in [0.15, 0.2) is 53.6 Å². The van der Waals surface area contributed by atoms with Crippen molar-refractivity contribution in [1.29, 1.82) is 5.26 Å². The van der Waals surface area contributed by atoms with Crippen LogP contribution in [0.4, 0.5) is 5.69 Å². The molecule has 0 saturated heterocycles. The van der Waals surface area contributed by atoms with Gasteiger partial charge in [0.15, 0.2) is 10.7 Å². The molecule has 0 fully saturated rings. The number of hydrogen-bond acceptors (Lipinski definition) is 6. The summed E-state index contributed by atoms with van der Waals surface area (Å²) in [5, 5.41) is 22.8. The third-order valence-corrected chi connectivity index (χ3v) is 4.05. The molecule has 3 rings (SSSR count). The lowest BCUT2D eigenvalue weighted by Gasteiger charge is -2.01. The Balaban J connectivity index is 1.89. The Morgan fingerprint density at radius 2 is 2.09 bits per heavy atom. The van der Waals surface area contributed by atoms with Crippen molar-refractivity contribution < 1.29 is 9.90 Å². The molecular weight excluding hydrogens is 312 g/mol. The van der Waals surface area contributed by atoms with Crippen LogP contribution in [0.5, 0.6) is 0 Å². The van der Waals surface area contributed by atoms with E-state index in [0.29, 0.717) is 10.7 Å². The van der Waals surface area contributed by atoms with Gasteiger partial charge in [0.2, 0.25) is 0 Å². The number of fused-ring (bicyclic) bond motifs is 1. The monoisotopic (exact) mass is 322 g/mol. The zero-order valence-electron chi connectivity index (χ0n) is 11.7. The minimum atomic E-state index is -1.02. The summed E-state index contributed by atoms with van der Waals surface area (Å²) < 4.78 is 0.971. The number of anilines is 1. The van der Waals surface area contributed by atoms with E-state index in [1.165, 1.54) is 23.5 Å². The molecule has 0 spiro atoms. The first-order chi connectivity index (χ1) is 11.2. The van der Waals surface area contributed by atoms with Crippen LogP contribution in [0.2, 0.25) is 0 Å². The van der Waals surface area contributed by atoms with Crippen LogP contribution >= 0.6 is 11.3 Å². The molecule has 0 aliphatic rings. The first-order valence-corrected chi connectivity index (χ1v) is 7.42. The zero-order valence-corrected chi connectivity index (χ0v) is 12.5. The van der Waals surface area contributed by atoms with E-state index < -0.39 is 5.97 Å². The Morgan fingerprint density at radius 3 is 2.83 bits per heavy atom. The third-order valence-electron chi connectivity index (χ3n) is 3.01. The molecule has 2 N–H and O–H groups in total. The summed E-state index contributed by atoms with van der Waals surface area (Å²) in [7, 11) is 0. The van der Waals surface area contributed by atoms with E-state index in [2.05, 4.69) is 15.5 Å². The number of thiazole rings is 1. The molecule has 3 aromatic rings. The van der Waals surface area contributed by atoms with Crippen molar-refractivity contribution in [2.45, 2.75) is 0 Å². The van der Waals surface area contributed by atoms with Gasteiger partial charge in [0.1, 0.15) is 6.07 Å². The van der Waals surface area contributed by atoms with Gasteiger partial charge in [-0.3, -0.25) is 5.43 Å². The van der Waals surface area contributed by atoms with Crippen molar-refractivity contribution >= 4 is 38.9 Å². The van der Waals surface area contributed by atoms with E-state index in [4.69, 9.17) is 5.11 Å². The number of nitriles is 1. The number of aromatic nitrogens is 1. The van der Waals surface area contributed by atoms with Gasteiger partial charge in [-0.25, -0.2) is 9.78 Å². The summed E-state index contributed by atoms with van der Waals surface area (Å²) in [6, 6.07) is 15.8. The predicted molar refractivity (Wildman–Crippen MR) is 88.8 cm³/mol. The number of hydrogen-bond donors (Lipinski definition) is 2. The number of aromatic carboxylic acids is 1. The molecule has 0 aliphatic carbocycles. The lowest BCUT2D eigenvalue weighted by molar-refractivity contribution is 0.0697. The maximum Gasteiger partial charge on any atom is 0.335 e.